The molecule has 1 aliphatic rings. The van der Waals surface area contributed by atoms with Gasteiger partial charge in [-0.1, -0.05) is 30.3 Å². The fraction of sp³-hybridized carbons (Fsp3) is 0.417. The lowest BCUT2D eigenvalue weighted by Crippen LogP contribution is -2.43. The second-order valence-electron chi connectivity index (χ2n) is 7.25. The Morgan fingerprint density at radius 3 is 2.43 bits per heavy atom. The molecule has 0 aliphatic carbocycles. The first-order chi connectivity index (χ1) is 14.6. The smallest absolute Gasteiger partial charge is 0.326 e. The molecule has 0 saturated carbocycles. The van der Waals surface area contributed by atoms with Gasteiger partial charge in [0.05, 0.1) is 19.8 Å². The average Bonchev–Trinajstić information content (AvgIpc) is 3.21. The molecule has 2 aromatic carbocycles. The Kier molecular flexibility index (Phi) is 7.85. The minimum Gasteiger partial charge on any atom is -0.494 e. The summed E-state index contributed by atoms with van der Waals surface area (Å²) in [6.45, 7) is 5.68. The van der Waals surface area contributed by atoms with Crippen LogP contribution in [0.1, 0.15) is 38.3 Å². The van der Waals surface area contributed by atoms with Crippen molar-refractivity contribution in [2.75, 3.05) is 37.7 Å². The Morgan fingerprint density at radius 1 is 1.03 bits per heavy atom. The number of benzene rings is 2. The molecule has 3 rings (SSSR count). The van der Waals surface area contributed by atoms with Gasteiger partial charge in [0.25, 0.3) is 0 Å². The van der Waals surface area contributed by atoms with Crippen LogP contribution in [0.5, 0.6) is 5.75 Å². The van der Waals surface area contributed by atoms with E-state index in [4.69, 9.17) is 9.47 Å². The topological polar surface area (TPSA) is 59.1 Å². The highest BCUT2D eigenvalue weighted by molar-refractivity contribution is 5.98. The highest BCUT2D eigenvalue weighted by atomic mass is 16.5. The first-order valence-corrected chi connectivity index (χ1v) is 10.6. The molecule has 0 bridgehead atoms. The van der Waals surface area contributed by atoms with E-state index in [1.54, 1.807) is 6.92 Å². The van der Waals surface area contributed by atoms with E-state index in [0.29, 0.717) is 18.9 Å². The lowest BCUT2D eigenvalue weighted by Gasteiger charge is -2.28. The second kappa shape index (κ2) is 10.8. The van der Waals surface area contributed by atoms with Crippen LogP contribution in [-0.4, -0.2) is 49.6 Å². The summed E-state index contributed by atoms with van der Waals surface area (Å²) in [5.41, 5.74) is 1.88. The molecule has 1 fully saturated rings. The molecule has 0 aromatic heterocycles. The predicted octanol–water partition coefficient (Wildman–Crippen LogP) is 3.82. The zero-order chi connectivity index (χ0) is 21.3. The predicted molar refractivity (Wildman–Crippen MR) is 117 cm³/mol. The van der Waals surface area contributed by atoms with Crippen LogP contribution in [0.3, 0.4) is 0 Å². The van der Waals surface area contributed by atoms with E-state index in [9.17, 15) is 9.59 Å². The molecule has 6 heteroatoms. The van der Waals surface area contributed by atoms with Crippen molar-refractivity contribution in [1.29, 1.82) is 0 Å². The van der Waals surface area contributed by atoms with Crippen LogP contribution in [0.25, 0.3) is 0 Å². The molecule has 1 saturated heterocycles. The van der Waals surface area contributed by atoms with Crippen molar-refractivity contribution >= 4 is 17.6 Å². The van der Waals surface area contributed by atoms with Gasteiger partial charge in [0.15, 0.2) is 0 Å². The summed E-state index contributed by atoms with van der Waals surface area (Å²) in [5, 5.41) is 0. The third-order valence-corrected chi connectivity index (χ3v) is 5.24. The van der Waals surface area contributed by atoms with Gasteiger partial charge < -0.3 is 14.4 Å². The summed E-state index contributed by atoms with van der Waals surface area (Å²) in [5.74, 6) is 0.345. The monoisotopic (exact) mass is 410 g/mol. The highest BCUT2D eigenvalue weighted by Gasteiger charge is 2.30. The fourth-order valence-corrected chi connectivity index (χ4v) is 3.87. The summed E-state index contributed by atoms with van der Waals surface area (Å²) in [4.78, 5) is 29.0. The zero-order valence-electron chi connectivity index (χ0n) is 17.8. The number of para-hydroxylation sites is 1. The maximum Gasteiger partial charge on any atom is 0.326 e. The van der Waals surface area contributed by atoms with Gasteiger partial charge in [0, 0.05) is 11.7 Å². The number of ether oxygens (including phenoxy) is 2. The Balaban J connectivity index is 1.72. The van der Waals surface area contributed by atoms with Crippen molar-refractivity contribution in [1.82, 2.24) is 4.90 Å². The SMILES string of the molecule is CCOC(=O)CN(C(=O)CN1CCC[C@@H]1c1ccc(OCC)cc1)c1ccccc1. The fourth-order valence-electron chi connectivity index (χ4n) is 3.87. The molecule has 1 amide bonds. The molecule has 0 radical (unpaired) electrons. The van der Waals surface area contributed by atoms with Gasteiger partial charge in [-0.3, -0.25) is 14.5 Å². The number of carbonyl (C=O) groups excluding carboxylic acids is 2. The number of nitrogens with zero attached hydrogens (tertiary/aromatic N) is 2. The number of esters is 1. The standard InChI is InChI=1S/C24H30N2O4/c1-3-29-21-14-12-19(13-15-21)22-11-8-16-25(22)17-23(27)26(18-24(28)30-4-2)20-9-6-5-7-10-20/h5-7,9-10,12-15,22H,3-4,8,11,16-18H2,1-2H3/t22-/m1/s1. The van der Waals surface area contributed by atoms with Crippen LogP contribution >= 0.6 is 0 Å². The number of hydrogen-bond donors (Lipinski definition) is 0. The Morgan fingerprint density at radius 2 is 1.77 bits per heavy atom. The maximum absolute atomic E-state index is 13.2. The first kappa shape index (κ1) is 21.8. The van der Waals surface area contributed by atoms with E-state index in [-0.39, 0.29) is 25.0 Å². The van der Waals surface area contributed by atoms with Gasteiger partial charge in [-0.15, -0.1) is 0 Å². The van der Waals surface area contributed by atoms with E-state index in [1.807, 2.05) is 49.4 Å². The molecule has 0 spiro atoms. The number of hydrogen-bond acceptors (Lipinski definition) is 5. The maximum atomic E-state index is 13.2. The molecule has 0 unspecified atom stereocenters. The molecule has 0 N–H and O–H groups in total. The lowest BCUT2D eigenvalue weighted by molar-refractivity contribution is -0.142. The molecular weight excluding hydrogens is 380 g/mol. The van der Waals surface area contributed by atoms with Crippen LogP contribution in [0.4, 0.5) is 5.69 Å². The average molecular weight is 411 g/mol. The van der Waals surface area contributed by atoms with E-state index < -0.39 is 5.97 Å². The number of likely N-dealkylation sites (tertiary alicyclic amines) is 1. The second-order valence-corrected chi connectivity index (χ2v) is 7.25. The van der Waals surface area contributed by atoms with E-state index in [2.05, 4.69) is 17.0 Å². The summed E-state index contributed by atoms with van der Waals surface area (Å²) >= 11 is 0. The van der Waals surface area contributed by atoms with Crippen LogP contribution in [0, 0.1) is 0 Å². The number of rotatable bonds is 9. The van der Waals surface area contributed by atoms with Crippen LogP contribution in [0.15, 0.2) is 54.6 Å². The van der Waals surface area contributed by atoms with Crippen molar-refractivity contribution in [2.24, 2.45) is 0 Å². The molecule has 2 aromatic rings. The van der Waals surface area contributed by atoms with E-state index in [0.717, 1.165) is 25.1 Å². The zero-order valence-corrected chi connectivity index (χ0v) is 17.8. The van der Waals surface area contributed by atoms with Crippen LogP contribution in [0.2, 0.25) is 0 Å². The summed E-state index contributed by atoms with van der Waals surface area (Å²) in [6, 6.07) is 17.6. The Bertz CT molecular complexity index is 823. The molecule has 1 atom stereocenters. The number of amides is 1. The quantitative estimate of drug-likeness (QED) is 0.588. The number of carbonyl (C=O) groups is 2. The van der Waals surface area contributed by atoms with Crippen molar-refractivity contribution < 1.29 is 19.1 Å². The van der Waals surface area contributed by atoms with E-state index in [1.165, 1.54) is 10.5 Å². The molecule has 6 nitrogen and oxygen atoms in total. The summed E-state index contributed by atoms with van der Waals surface area (Å²) in [7, 11) is 0. The lowest BCUT2D eigenvalue weighted by atomic mass is 10.0. The van der Waals surface area contributed by atoms with Crippen molar-refractivity contribution in [3.63, 3.8) is 0 Å². The Labute approximate surface area is 178 Å². The van der Waals surface area contributed by atoms with Crippen LogP contribution in [-0.2, 0) is 14.3 Å². The third kappa shape index (κ3) is 5.60. The molecule has 1 heterocycles. The van der Waals surface area contributed by atoms with E-state index >= 15 is 0 Å². The summed E-state index contributed by atoms with van der Waals surface area (Å²) < 4.78 is 10.6. The molecular formula is C24H30N2O4. The first-order valence-electron chi connectivity index (χ1n) is 10.6. The molecule has 160 valence electrons. The molecule has 1 aliphatic heterocycles. The van der Waals surface area contributed by atoms with Gasteiger partial charge >= 0.3 is 5.97 Å². The Hall–Kier alpha value is -2.86. The van der Waals surface area contributed by atoms with Crippen molar-refractivity contribution in [2.45, 2.75) is 32.7 Å². The van der Waals surface area contributed by atoms with Crippen molar-refractivity contribution in [3.8, 4) is 5.75 Å². The third-order valence-electron chi connectivity index (χ3n) is 5.24. The highest BCUT2D eigenvalue weighted by Crippen LogP contribution is 2.32. The van der Waals surface area contributed by atoms with Gasteiger partial charge in [-0.25, -0.2) is 0 Å². The summed E-state index contributed by atoms with van der Waals surface area (Å²) in [6.07, 6.45) is 2.04. The van der Waals surface area contributed by atoms with Gasteiger partial charge in [-0.2, -0.15) is 0 Å². The normalized spacial score (nSPS) is 16.3. The van der Waals surface area contributed by atoms with Crippen LogP contribution < -0.4 is 9.64 Å². The minimum absolute atomic E-state index is 0.0851. The molecule has 30 heavy (non-hydrogen) atoms. The number of anilines is 1. The van der Waals surface area contributed by atoms with Gasteiger partial charge in [0.1, 0.15) is 12.3 Å². The largest absolute Gasteiger partial charge is 0.494 e. The van der Waals surface area contributed by atoms with Gasteiger partial charge in [-0.05, 0) is 63.1 Å². The van der Waals surface area contributed by atoms with Gasteiger partial charge in [0.2, 0.25) is 5.91 Å². The van der Waals surface area contributed by atoms with Crippen molar-refractivity contribution in [3.05, 3.63) is 60.2 Å². The minimum atomic E-state index is -0.404.